The van der Waals surface area contributed by atoms with Crippen LogP contribution in [0.25, 0.3) is 28.3 Å². The zero-order valence-corrected chi connectivity index (χ0v) is 18.6. The minimum absolute atomic E-state index is 0.919. The van der Waals surface area contributed by atoms with Crippen LogP contribution < -0.4 is 15.2 Å². The van der Waals surface area contributed by atoms with E-state index in [1.807, 2.05) is 0 Å². The Hall–Kier alpha value is -4.10. The van der Waals surface area contributed by atoms with Gasteiger partial charge in [-0.05, 0) is 62.7 Å². The minimum atomic E-state index is 0.919. The second-order valence-electron chi connectivity index (χ2n) is 8.46. The Balaban J connectivity index is 1.81. The van der Waals surface area contributed by atoms with Crippen molar-refractivity contribution in [1.29, 1.82) is 0 Å². The van der Waals surface area contributed by atoms with E-state index in [0.717, 1.165) is 17.4 Å². The van der Waals surface area contributed by atoms with Gasteiger partial charge in [-0.2, -0.15) is 0 Å². The van der Waals surface area contributed by atoms with Gasteiger partial charge in [-0.1, -0.05) is 103 Å². The van der Waals surface area contributed by atoms with Gasteiger partial charge in [-0.25, -0.2) is 0 Å². The molecule has 0 bridgehead atoms. The van der Waals surface area contributed by atoms with E-state index >= 15 is 0 Å². The molecule has 1 heteroatoms. The van der Waals surface area contributed by atoms with E-state index in [2.05, 4.69) is 115 Å². The molecule has 0 N–H and O–H groups in total. The predicted molar refractivity (Wildman–Crippen MR) is 137 cm³/mol. The molecule has 0 saturated carbocycles. The van der Waals surface area contributed by atoms with Crippen molar-refractivity contribution in [2.75, 3.05) is 7.11 Å². The van der Waals surface area contributed by atoms with Crippen LogP contribution in [-0.2, 0) is 0 Å². The Morgan fingerprint density at radius 2 is 1.42 bits per heavy atom. The van der Waals surface area contributed by atoms with Gasteiger partial charge in [0.2, 0.25) is 0 Å². The summed E-state index contributed by atoms with van der Waals surface area (Å²) in [5, 5.41) is 2.38. The maximum absolute atomic E-state index is 6.23. The standard InChI is InChI=1S/C32H24O/c1-33-32-29(30(22-12-4-2-5-13-22)23-14-6-3-7-15-23)21-27-26-19-11-10-18-25(26)20-28(27)31(32)24-16-8-9-17-24/h2-16,18-21H,17H2,1H3. The zero-order chi connectivity index (χ0) is 22.2. The lowest BCUT2D eigenvalue weighted by molar-refractivity contribution is 0.409. The van der Waals surface area contributed by atoms with Gasteiger partial charge >= 0.3 is 0 Å². The minimum Gasteiger partial charge on any atom is -0.495 e. The molecule has 158 valence electrons. The first-order chi connectivity index (χ1) is 16.3. The highest BCUT2D eigenvalue weighted by Crippen LogP contribution is 2.34. The number of ether oxygens (including phenoxy) is 1. The summed E-state index contributed by atoms with van der Waals surface area (Å²) in [6.45, 7) is 0. The lowest BCUT2D eigenvalue weighted by Crippen LogP contribution is -2.22. The molecule has 0 saturated heterocycles. The number of methoxy groups -OCH3 is 1. The van der Waals surface area contributed by atoms with Gasteiger partial charge in [0.25, 0.3) is 0 Å². The molecule has 6 rings (SSSR count). The fourth-order valence-corrected chi connectivity index (χ4v) is 5.11. The van der Waals surface area contributed by atoms with Crippen LogP contribution in [0.2, 0.25) is 0 Å². The Kier molecular flexibility index (Phi) is 4.81. The molecule has 2 aliphatic rings. The molecule has 0 atom stereocenters. The summed E-state index contributed by atoms with van der Waals surface area (Å²) in [6, 6.07) is 32.3. The van der Waals surface area contributed by atoms with E-state index in [4.69, 9.17) is 4.74 Å². The smallest absolute Gasteiger partial charge is 0.134 e. The van der Waals surface area contributed by atoms with Crippen LogP contribution in [0.5, 0.6) is 5.75 Å². The molecule has 0 aliphatic heterocycles. The molecule has 33 heavy (non-hydrogen) atoms. The molecule has 4 aromatic rings. The fourth-order valence-electron chi connectivity index (χ4n) is 5.11. The van der Waals surface area contributed by atoms with Gasteiger partial charge in [0.05, 0.1) is 7.11 Å². The number of hydrogen-bond acceptors (Lipinski definition) is 1. The molecule has 4 aromatic carbocycles. The Labute approximate surface area is 194 Å². The normalized spacial score (nSPS) is 13.2. The maximum Gasteiger partial charge on any atom is 0.134 e. The van der Waals surface area contributed by atoms with Crippen LogP contribution in [0.3, 0.4) is 0 Å². The Morgan fingerprint density at radius 3 is 2.06 bits per heavy atom. The second-order valence-corrected chi connectivity index (χ2v) is 8.46. The average Bonchev–Trinajstić information content (AvgIpc) is 3.53. The summed E-state index contributed by atoms with van der Waals surface area (Å²) in [7, 11) is 1.80. The van der Waals surface area contributed by atoms with Crippen molar-refractivity contribution in [3.63, 3.8) is 0 Å². The third-order valence-corrected chi connectivity index (χ3v) is 6.56. The van der Waals surface area contributed by atoms with Gasteiger partial charge in [0.15, 0.2) is 0 Å². The summed E-state index contributed by atoms with van der Waals surface area (Å²) in [6.07, 6.45) is 9.83. The highest BCUT2D eigenvalue weighted by molar-refractivity contribution is 5.91. The highest BCUT2D eigenvalue weighted by Gasteiger charge is 2.23. The lowest BCUT2D eigenvalue weighted by atomic mass is 9.90. The van der Waals surface area contributed by atoms with Gasteiger partial charge in [-0.3, -0.25) is 0 Å². The van der Waals surface area contributed by atoms with E-state index in [1.54, 1.807) is 7.11 Å². The largest absolute Gasteiger partial charge is 0.495 e. The first-order valence-electron chi connectivity index (χ1n) is 11.4. The summed E-state index contributed by atoms with van der Waals surface area (Å²) in [4.78, 5) is 0. The van der Waals surface area contributed by atoms with Crippen LogP contribution in [0.1, 0.15) is 28.7 Å². The summed E-state index contributed by atoms with van der Waals surface area (Å²) in [5.74, 6) is 0.940. The van der Waals surface area contributed by atoms with Crippen LogP contribution in [0.15, 0.2) is 109 Å². The van der Waals surface area contributed by atoms with Crippen LogP contribution in [-0.4, -0.2) is 7.11 Å². The Morgan fingerprint density at radius 1 is 0.758 bits per heavy atom. The molecule has 0 spiro atoms. The maximum atomic E-state index is 6.23. The monoisotopic (exact) mass is 424 g/mol. The van der Waals surface area contributed by atoms with E-state index in [0.29, 0.717) is 0 Å². The summed E-state index contributed by atoms with van der Waals surface area (Å²) >= 11 is 0. The van der Waals surface area contributed by atoms with Crippen LogP contribution in [0, 0.1) is 0 Å². The first-order valence-corrected chi connectivity index (χ1v) is 11.4. The van der Waals surface area contributed by atoms with E-state index in [-0.39, 0.29) is 0 Å². The van der Waals surface area contributed by atoms with Gasteiger partial charge in [0.1, 0.15) is 5.75 Å². The van der Waals surface area contributed by atoms with Crippen molar-refractivity contribution >= 4 is 17.2 Å². The molecule has 1 nitrogen and oxygen atoms in total. The fraction of sp³-hybridized carbons (Fsp3) is 0.0625. The van der Waals surface area contributed by atoms with Gasteiger partial charge < -0.3 is 4.74 Å². The van der Waals surface area contributed by atoms with Crippen molar-refractivity contribution in [2.45, 2.75) is 6.42 Å². The summed E-state index contributed by atoms with van der Waals surface area (Å²) < 4.78 is 6.23. The number of hydrogen-bond donors (Lipinski definition) is 0. The second kappa shape index (κ2) is 8.11. The topological polar surface area (TPSA) is 9.23 Å². The van der Waals surface area contributed by atoms with E-state index in [1.165, 1.54) is 49.7 Å². The van der Waals surface area contributed by atoms with Crippen molar-refractivity contribution < 1.29 is 4.74 Å². The molecule has 2 aliphatic carbocycles. The number of fused-ring (bicyclic) bond motifs is 3. The van der Waals surface area contributed by atoms with E-state index < -0.39 is 0 Å². The third kappa shape index (κ3) is 3.25. The molecule has 0 heterocycles. The number of rotatable bonds is 4. The van der Waals surface area contributed by atoms with E-state index in [9.17, 15) is 0 Å². The molecular weight excluding hydrogens is 400 g/mol. The van der Waals surface area contributed by atoms with Crippen molar-refractivity contribution in [3.05, 3.63) is 142 Å². The van der Waals surface area contributed by atoms with Gasteiger partial charge in [-0.15, -0.1) is 0 Å². The Bertz CT molecular complexity index is 1500. The SMILES string of the molecule is COc1c(C2=CC=CC2)c2c(cc1=C(c1ccccc1)c1ccccc1)-c1ccccc1C=2. The highest BCUT2D eigenvalue weighted by atomic mass is 16.5. The van der Waals surface area contributed by atoms with Crippen molar-refractivity contribution in [2.24, 2.45) is 0 Å². The molecule has 0 fully saturated rings. The van der Waals surface area contributed by atoms with Crippen molar-refractivity contribution in [3.8, 4) is 16.9 Å². The molecular formula is C32H24O. The molecule has 0 amide bonds. The number of benzene rings is 4. The third-order valence-electron chi connectivity index (χ3n) is 6.56. The van der Waals surface area contributed by atoms with Crippen LogP contribution in [0.4, 0.5) is 0 Å². The van der Waals surface area contributed by atoms with Gasteiger partial charge in [0, 0.05) is 10.8 Å². The number of allylic oxidation sites excluding steroid dienone is 4. The molecule has 0 aromatic heterocycles. The first kappa shape index (κ1) is 19.6. The quantitative estimate of drug-likeness (QED) is 0.339. The molecule has 0 radical (unpaired) electrons. The average molecular weight is 425 g/mol. The lowest BCUT2D eigenvalue weighted by Gasteiger charge is -2.17. The zero-order valence-electron chi connectivity index (χ0n) is 18.6. The predicted octanol–water partition coefficient (Wildman–Crippen LogP) is 6.10. The van der Waals surface area contributed by atoms with Crippen LogP contribution >= 0.6 is 0 Å². The summed E-state index contributed by atoms with van der Waals surface area (Å²) in [5.41, 5.74) is 9.88. The van der Waals surface area contributed by atoms with Crippen molar-refractivity contribution in [1.82, 2.24) is 0 Å². The molecule has 0 unspecified atom stereocenters.